The molecular weight excluding hydrogens is 275 g/mol. The minimum atomic E-state index is -3.79. The van der Waals surface area contributed by atoms with Gasteiger partial charge in [0.1, 0.15) is 0 Å². The molecule has 1 unspecified atom stereocenters. The molecule has 1 amide bonds. The Morgan fingerprint density at radius 1 is 1.29 bits per heavy atom. The number of ether oxygens (including phenoxy) is 1. The summed E-state index contributed by atoms with van der Waals surface area (Å²) in [5.74, 6) is -3.14. The first-order valence-electron chi connectivity index (χ1n) is 4.23. The van der Waals surface area contributed by atoms with Crippen LogP contribution in [0.1, 0.15) is 0 Å². The van der Waals surface area contributed by atoms with E-state index in [0.29, 0.717) is 0 Å². The number of amides is 1. The average Bonchev–Trinajstić information content (AvgIpc) is 2.33. The van der Waals surface area contributed by atoms with Crippen molar-refractivity contribution in [2.24, 2.45) is 5.73 Å². The van der Waals surface area contributed by atoms with Crippen LogP contribution in [0, 0.1) is 0 Å². The van der Waals surface area contributed by atoms with Gasteiger partial charge in [-0.1, -0.05) is 0 Å². The number of nitrogens with one attached hydrogen (secondary N) is 1. The second-order valence-corrected chi connectivity index (χ2v) is 4.93. The number of nitrogens with two attached hydrogens (primary N) is 1. The molecule has 0 radical (unpaired) electrons. The van der Waals surface area contributed by atoms with Crippen LogP contribution in [0.4, 0.5) is 0 Å². The van der Waals surface area contributed by atoms with Crippen LogP contribution in [0.25, 0.3) is 0 Å². The first kappa shape index (κ1) is 18.7. The Labute approximate surface area is 105 Å². The van der Waals surface area contributed by atoms with Crippen molar-refractivity contribution < 1.29 is 27.9 Å². The SMILES string of the molecule is COC(=O)C(NC(=O)CN)P(=O)(OC)OC.Cl. The van der Waals surface area contributed by atoms with E-state index in [-0.39, 0.29) is 19.0 Å². The van der Waals surface area contributed by atoms with E-state index < -0.39 is 25.3 Å². The summed E-state index contributed by atoms with van der Waals surface area (Å²) in [7, 11) is -0.526. The van der Waals surface area contributed by atoms with Crippen molar-refractivity contribution >= 4 is 31.9 Å². The number of hydrogen-bond donors (Lipinski definition) is 2. The number of methoxy groups -OCH3 is 1. The van der Waals surface area contributed by atoms with Crippen molar-refractivity contribution in [3.8, 4) is 0 Å². The van der Waals surface area contributed by atoms with Gasteiger partial charge in [0, 0.05) is 14.2 Å². The predicted molar refractivity (Wildman–Crippen MR) is 61.9 cm³/mol. The van der Waals surface area contributed by atoms with Crippen molar-refractivity contribution in [2.75, 3.05) is 27.9 Å². The molecule has 0 aliphatic carbocycles. The Morgan fingerprint density at radius 2 is 1.76 bits per heavy atom. The summed E-state index contributed by atoms with van der Waals surface area (Å²) >= 11 is 0. The van der Waals surface area contributed by atoms with E-state index in [2.05, 4.69) is 19.1 Å². The van der Waals surface area contributed by atoms with Crippen molar-refractivity contribution in [3.05, 3.63) is 0 Å². The van der Waals surface area contributed by atoms with Crippen LogP contribution in [0.2, 0.25) is 0 Å². The molecule has 0 aliphatic rings. The van der Waals surface area contributed by atoms with Gasteiger partial charge < -0.3 is 24.8 Å². The molecule has 0 aliphatic heterocycles. The quantitative estimate of drug-likeness (QED) is 0.498. The Morgan fingerprint density at radius 3 is 2.06 bits per heavy atom. The van der Waals surface area contributed by atoms with Crippen LogP contribution < -0.4 is 11.1 Å². The number of carbonyl (C=O) groups is 2. The van der Waals surface area contributed by atoms with Gasteiger partial charge >= 0.3 is 13.6 Å². The van der Waals surface area contributed by atoms with Crippen LogP contribution in [0.5, 0.6) is 0 Å². The van der Waals surface area contributed by atoms with E-state index in [1.807, 2.05) is 0 Å². The predicted octanol–water partition coefficient (Wildman–Crippen LogP) is -0.532. The first-order chi connectivity index (χ1) is 7.45. The number of esters is 1. The summed E-state index contributed by atoms with van der Waals surface area (Å²) in [6.45, 7) is -0.360. The molecular formula is C7H16ClN2O6P. The molecule has 3 N–H and O–H groups in total. The third kappa shape index (κ3) is 5.01. The summed E-state index contributed by atoms with van der Waals surface area (Å²) in [5, 5.41) is 2.11. The van der Waals surface area contributed by atoms with Gasteiger partial charge in [0.2, 0.25) is 11.7 Å². The molecule has 1 atom stereocenters. The maximum absolute atomic E-state index is 11.9. The zero-order valence-corrected chi connectivity index (χ0v) is 11.4. The van der Waals surface area contributed by atoms with Crippen molar-refractivity contribution in [3.63, 3.8) is 0 Å². The van der Waals surface area contributed by atoms with E-state index in [1.165, 1.54) is 0 Å². The van der Waals surface area contributed by atoms with Crippen LogP contribution in [0.15, 0.2) is 0 Å². The number of halogens is 1. The van der Waals surface area contributed by atoms with Gasteiger partial charge in [-0.15, -0.1) is 12.4 Å². The van der Waals surface area contributed by atoms with Crippen LogP contribution in [-0.4, -0.2) is 45.5 Å². The monoisotopic (exact) mass is 290 g/mol. The smallest absolute Gasteiger partial charge is 0.363 e. The molecule has 0 rings (SSSR count). The van der Waals surface area contributed by atoms with Gasteiger partial charge in [-0.3, -0.25) is 9.36 Å². The lowest BCUT2D eigenvalue weighted by Gasteiger charge is -2.22. The minimum absolute atomic E-state index is 0. The summed E-state index contributed by atoms with van der Waals surface area (Å²) in [4.78, 5) is 22.4. The second-order valence-electron chi connectivity index (χ2n) is 2.60. The molecule has 0 saturated carbocycles. The highest BCUT2D eigenvalue weighted by atomic mass is 35.5. The fourth-order valence-corrected chi connectivity index (χ4v) is 2.11. The van der Waals surface area contributed by atoms with E-state index in [0.717, 1.165) is 21.3 Å². The molecule has 0 heterocycles. The zero-order chi connectivity index (χ0) is 12.8. The molecule has 102 valence electrons. The van der Waals surface area contributed by atoms with Gasteiger partial charge in [-0.2, -0.15) is 0 Å². The Hall–Kier alpha value is -0.660. The second kappa shape index (κ2) is 8.43. The maximum Gasteiger partial charge on any atom is 0.363 e. The zero-order valence-electron chi connectivity index (χ0n) is 9.67. The van der Waals surface area contributed by atoms with Crippen LogP contribution in [0.3, 0.4) is 0 Å². The highest BCUT2D eigenvalue weighted by Crippen LogP contribution is 2.50. The van der Waals surface area contributed by atoms with Crippen molar-refractivity contribution in [1.82, 2.24) is 5.32 Å². The summed E-state index contributed by atoms with van der Waals surface area (Å²) in [5.41, 5.74) is 5.05. The topological polar surface area (TPSA) is 117 Å². The molecule has 17 heavy (non-hydrogen) atoms. The molecule has 0 aromatic heterocycles. The number of hydrogen-bond acceptors (Lipinski definition) is 7. The minimum Gasteiger partial charge on any atom is -0.467 e. The van der Waals surface area contributed by atoms with Gasteiger partial charge in [-0.05, 0) is 0 Å². The fraction of sp³-hybridized carbons (Fsp3) is 0.714. The van der Waals surface area contributed by atoms with E-state index >= 15 is 0 Å². The molecule has 8 nitrogen and oxygen atoms in total. The molecule has 0 aromatic carbocycles. The largest absolute Gasteiger partial charge is 0.467 e. The van der Waals surface area contributed by atoms with Crippen molar-refractivity contribution in [1.29, 1.82) is 0 Å². The van der Waals surface area contributed by atoms with Gasteiger partial charge in [0.25, 0.3) is 0 Å². The van der Waals surface area contributed by atoms with E-state index in [4.69, 9.17) is 5.73 Å². The summed E-state index contributed by atoms with van der Waals surface area (Å²) in [6.07, 6.45) is 0. The molecule has 0 saturated heterocycles. The Bertz CT molecular complexity index is 305. The molecule has 0 spiro atoms. The lowest BCUT2D eigenvalue weighted by molar-refractivity contribution is -0.142. The van der Waals surface area contributed by atoms with Crippen LogP contribution >= 0.6 is 20.0 Å². The third-order valence-corrected chi connectivity index (χ3v) is 3.72. The normalized spacial score (nSPS) is 12.2. The highest BCUT2D eigenvalue weighted by Gasteiger charge is 2.41. The standard InChI is InChI=1S/C7H15N2O6P.ClH/c1-13-7(11)6(9-5(10)4-8)16(12,14-2)15-3;/h6H,4,8H2,1-3H3,(H,9,10);1H. The lowest BCUT2D eigenvalue weighted by atomic mass is 10.5. The third-order valence-electron chi connectivity index (χ3n) is 1.73. The lowest BCUT2D eigenvalue weighted by Crippen LogP contribution is -2.44. The molecule has 0 aromatic rings. The molecule has 10 heteroatoms. The summed E-state index contributed by atoms with van der Waals surface area (Å²) < 4.78 is 25.5. The highest BCUT2D eigenvalue weighted by molar-refractivity contribution is 7.55. The van der Waals surface area contributed by atoms with Gasteiger partial charge in [-0.25, -0.2) is 4.79 Å². The number of rotatable bonds is 6. The molecule has 0 bridgehead atoms. The molecule has 0 fully saturated rings. The van der Waals surface area contributed by atoms with E-state index in [9.17, 15) is 14.2 Å². The first-order valence-corrected chi connectivity index (χ1v) is 5.84. The maximum atomic E-state index is 11.9. The van der Waals surface area contributed by atoms with Crippen molar-refractivity contribution in [2.45, 2.75) is 5.78 Å². The van der Waals surface area contributed by atoms with E-state index in [1.54, 1.807) is 0 Å². The fourth-order valence-electron chi connectivity index (χ4n) is 0.875. The summed E-state index contributed by atoms with van der Waals surface area (Å²) in [6, 6.07) is 0. The number of carbonyl (C=O) groups excluding carboxylic acids is 2. The Balaban J connectivity index is 0. The van der Waals surface area contributed by atoms with Gasteiger partial charge in [0.05, 0.1) is 13.7 Å². The van der Waals surface area contributed by atoms with Crippen LogP contribution in [-0.2, 0) is 27.9 Å². The Kier molecular flexibility index (Phi) is 9.28. The van der Waals surface area contributed by atoms with Gasteiger partial charge in [0.15, 0.2) is 0 Å². The average molecular weight is 291 g/mol.